The van der Waals surface area contributed by atoms with Gasteiger partial charge in [-0.25, -0.2) is 5.06 Å². The first-order valence-corrected chi connectivity index (χ1v) is 29.1. The molecule has 3 heterocycles. The number of hydroxylamine groups is 2. The van der Waals surface area contributed by atoms with Crippen LogP contribution in [0.2, 0.25) is 0 Å². The number of carbonyl (C=O) groups excluding carboxylic acids is 9. The lowest BCUT2D eigenvalue weighted by atomic mass is 9.89. The van der Waals surface area contributed by atoms with E-state index in [-0.39, 0.29) is 103 Å². The Labute approximate surface area is 474 Å². The Morgan fingerprint density at radius 2 is 1.50 bits per heavy atom. The monoisotopic (exact) mass is 1120 g/mol. The Bertz CT molecular complexity index is 2310. The summed E-state index contributed by atoms with van der Waals surface area (Å²) < 4.78 is 12.2. The van der Waals surface area contributed by atoms with Gasteiger partial charge in [0.2, 0.25) is 35.4 Å². The Kier molecular flexibility index (Phi) is 24.7. The lowest BCUT2D eigenvalue weighted by Crippen LogP contribution is -2.60. The van der Waals surface area contributed by atoms with Gasteiger partial charge in [0.25, 0.3) is 17.7 Å². The molecule has 21 heteroatoms. The number of benzene rings is 1. The third kappa shape index (κ3) is 16.5. The van der Waals surface area contributed by atoms with Crippen molar-refractivity contribution in [1.29, 1.82) is 0 Å². The van der Waals surface area contributed by atoms with E-state index in [2.05, 4.69) is 16.1 Å². The molecule has 9 amide bonds. The molecule has 80 heavy (non-hydrogen) atoms. The molecular formula is C59H93N9O12. The van der Waals surface area contributed by atoms with E-state index < -0.39 is 47.8 Å². The fourth-order valence-corrected chi connectivity index (χ4v) is 11.9. The van der Waals surface area contributed by atoms with Gasteiger partial charge in [0.15, 0.2) is 0 Å². The van der Waals surface area contributed by atoms with Crippen molar-refractivity contribution in [2.75, 3.05) is 68.1 Å². The highest BCUT2D eigenvalue weighted by molar-refractivity contribution is 6.12. The molecule has 21 nitrogen and oxygen atoms in total. The lowest BCUT2D eigenvalue weighted by molar-refractivity contribution is -0.200. The number of rotatable bonds is 30. The van der Waals surface area contributed by atoms with Crippen LogP contribution in [0, 0.1) is 23.7 Å². The molecule has 1 aliphatic carbocycles. The number of carbonyl (C=O) groups is 9. The zero-order chi connectivity index (χ0) is 59.0. The molecule has 0 bridgehead atoms. The van der Waals surface area contributed by atoms with Crippen LogP contribution in [0.1, 0.15) is 143 Å². The van der Waals surface area contributed by atoms with Gasteiger partial charge >= 0.3 is 0 Å². The van der Waals surface area contributed by atoms with Crippen LogP contribution in [0.5, 0.6) is 0 Å². The topological polar surface area (TPSA) is 237 Å². The number of likely N-dealkylation sites (tertiary alicyclic amines) is 1. The molecular weight excluding hydrogens is 1030 g/mol. The van der Waals surface area contributed by atoms with E-state index in [1.54, 1.807) is 30.8 Å². The predicted molar refractivity (Wildman–Crippen MR) is 300 cm³/mol. The number of methoxy groups -OCH3 is 2. The Balaban J connectivity index is 1.17. The van der Waals surface area contributed by atoms with Gasteiger partial charge in [-0.05, 0) is 88.3 Å². The summed E-state index contributed by atoms with van der Waals surface area (Å²) in [5, 5.41) is 8.80. The van der Waals surface area contributed by atoms with E-state index in [1.807, 2.05) is 76.8 Å². The molecule has 3 N–H and O–H groups in total. The largest absolute Gasteiger partial charge is 0.379 e. The first kappa shape index (κ1) is 65.0. The summed E-state index contributed by atoms with van der Waals surface area (Å²) in [4.78, 5) is 134. The highest BCUT2D eigenvalue weighted by atomic mass is 16.7. The van der Waals surface area contributed by atoms with Crippen LogP contribution in [-0.2, 0) is 57.5 Å². The quantitative estimate of drug-likeness (QED) is 0.0553. The summed E-state index contributed by atoms with van der Waals surface area (Å²) in [6, 6.07) is 7.11. The summed E-state index contributed by atoms with van der Waals surface area (Å²) in [5.41, 5.74) is 2.39. The highest BCUT2D eigenvalue weighted by Crippen LogP contribution is 2.53. The van der Waals surface area contributed by atoms with Crippen molar-refractivity contribution in [1.82, 2.24) is 45.7 Å². The van der Waals surface area contributed by atoms with Gasteiger partial charge < -0.3 is 29.9 Å². The average Bonchev–Trinajstić information content (AvgIpc) is 3.85. The van der Waals surface area contributed by atoms with Crippen molar-refractivity contribution in [2.45, 2.75) is 180 Å². The number of unbranched alkanes of at least 4 members (excludes halogenated alkanes) is 2. The minimum atomic E-state index is -1.17. The van der Waals surface area contributed by atoms with Crippen molar-refractivity contribution in [3.05, 3.63) is 48.0 Å². The van der Waals surface area contributed by atoms with E-state index in [1.165, 1.54) is 48.4 Å². The smallest absolute Gasteiger partial charge is 0.272 e. The molecule has 0 aromatic heterocycles. The number of imide groups is 1. The second-order valence-corrected chi connectivity index (χ2v) is 23.1. The number of hydrogen-bond donors (Lipinski definition) is 3. The fraction of sp³-hybridized carbons (Fsp3) is 0.712. The maximum absolute atomic E-state index is 14.8. The number of amides is 9. The van der Waals surface area contributed by atoms with Crippen LogP contribution in [0.15, 0.2) is 42.5 Å². The van der Waals surface area contributed by atoms with Crippen molar-refractivity contribution in [3.8, 4) is 0 Å². The average molecular weight is 1120 g/mol. The zero-order valence-electron chi connectivity index (χ0n) is 49.7. The number of ether oxygens (including phenoxy) is 2. The van der Waals surface area contributed by atoms with Crippen molar-refractivity contribution >= 4 is 53.2 Å². The summed E-state index contributed by atoms with van der Waals surface area (Å²) in [5.74, 6) is -4.35. The molecule has 3 fully saturated rings. The minimum absolute atomic E-state index is 0.0560. The zero-order valence-corrected chi connectivity index (χ0v) is 49.7. The van der Waals surface area contributed by atoms with Gasteiger partial charge in [0, 0.05) is 78.9 Å². The van der Waals surface area contributed by atoms with Gasteiger partial charge in [0.1, 0.15) is 11.6 Å². The number of nitrogens with zero attached hydrogens (tertiary/aromatic N) is 6. The Morgan fingerprint density at radius 1 is 0.812 bits per heavy atom. The molecule has 1 aromatic carbocycles. The second kappa shape index (κ2) is 30.3. The number of likely N-dealkylation sites (N-methyl/N-ethyl adjacent to an activating group) is 2. The van der Waals surface area contributed by atoms with E-state index in [0.717, 1.165) is 18.4 Å². The molecule has 1 aromatic rings. The van der Waals surface area contributed by atoms with Crippen molar-refractivity contribution < 1.29 is 57.5 Å². The van der Waals surface area contributed by atoms with Gasteiger partial charge in [0.05, 0.1) is 49.3 Å². The normalized spacial score (nSPS) is 21.7. The number of hydrogen-bond acceptors (Lipinski definition) is 13. The summed E-state index contributed by atoms with van der Waals surface area (Å²) in [6.45, 7) is 15.4. The van der Waals surface area contributed by atoms with Gasteiger partial charge in [-0.2, -0.15) is 0 Å². The van der Waals surface area contributed by atoms with Crippen molar-refractivity contribution in [3.63, 3.8) is 0 Å². The van der Waals surface area contributed by atoms with Gasteiger partial charge in [-0.3, -0.25) is 68.2 Å². The van der Waals surface area contributed by atoms with Crippen LogP contribution in [-0.4, -0.2) is 193 Å². The van der Waals surface area contributed by atoms with Crippen molar-refractivity contribution in [2.24, 2.45) is 23.7 Å². The standard InChI is InChI=1S/C59H93N9O12/c1-13-40(6)53(45(78-11)36-50(73)66-33-22-26-44(66)54(79-12)41(7)55(74)61-59(58(77)68-34-20-21-35-80-68)37-43(59)42-24-16-14-17-25-42)64(9)57(76)51(38(2)3)60-56(75)52(39(4)5)63(8)31-23-28-47(70)65(10)62-46(69)27-18-15-19-32-67-48(71)29-30-49(67)72/h14,16-17,24-25,29-30,38-41,43-45,51-54H,13,15,18-23,26-28,31-37H2,1-12H3,(H,60,75)(H,61,74)(H,62,69)/t40?,41?,43-,44+,45?,51?,52?,53?,54?,59+/m1/s1. The summed E-state index contributed by atoms with van der Waals surface area (Å²) in [7, 11) is 8.06. The molecule has 0 spiro atoms. The molecule has 446 valence electrons. The fourth-order valence-electron chi connectivity index (χ4n) is 11.9. The molecule has 3 aliphatic heterocycles. The number of hydrazine groups is 1. The number of nitrogens with one attached hydrogen (secondary N) is 3. The molecule has 0 radical (unpaired) electrons. The molecule has 5 rings (SSSR count). The van der Waals surface area contributed by atoms with Crippen LogP contribution in [0.4, 0.5) is 0 Å². The van der Waals surface area contributed by atoms with Crippen LogP contribution in [0.3, 0.4) is 0 Å². The van der Waals surface area contributed by atoms with E-state index in [0.29, 0.717) is 77.6 Å². The van der Waals surface area contributed by atoms with Gasteiger partial charge in [-0.15, -0.1) is 0 Å². The molecule has 7 unspecified atom stereocenters. The highest BCUT2D eigenvalue weighted by Gasteiger charge is 2.64. The second-order valence-electron chi connectivity index (χ2n) is 23.1. The minimum Gasteiger partial charge on any atom is -0.379 e. The SMILES string of the molecule is CCC(C)C(C(CC(=O)N1CCC[C@H]1C(OC)C(C)C(=O)N[C@@]1(C(=O)N2CCCCO2)C[C@@H]1c1ccccc1)OC)N(C)C(=O)C(NC(=O)C(C(C)C)N(C)CCCC(=O)N(C)NC(=O)CCCCCN1C(=O)C=CC1=O)C(C)C. The summed E-state index contributed by atoms with van der Waals surface area (Å²) >= 11 is 0. The maximum Gasteiger partial charge on any atom is 0.272 e. The molecule has 10 atom stereocenters. The van der Waals surface area contributed by atoms with Crippen LogP contribution >= 0.6 is 0 Å². The first-order valence-electron chi connectivity index (χ1n) is 29.1. The maximum atomic E-state index is 14.8. The predicted octanol–water partition coefficient (Wildman–Crippen LogP) is 4.36. The lowest BCUT2D eigenvalue weighted by Gasteiger charge is -2.41. The molecule has 4 aliphatic rings. The summed E-state index contributed by atoms with van der Waals surface area (Å²) in [6.07, 6.45) is 7.43. The Hall–Kier alpha value is -5.77. The van der Waals surface area contributed by atoms with Crippen LogP contribution < -0.4 is 16.1 Å². The van der Waals surface area contributed by atoms with E-state index in [4.69, 9.17) is 14.3 Å². The molecule has 1 saturated carbocycles. The van der Waals surface area contributed by atoms with E-state index >= 15 is 0 Å². The first-order chi connectivity index (χ1) is 38.0. The third-order valence-electron chi connectivity index (χ3n) is 16.7. The van der Waals surface area contributed by atoms with Gasteiger partial charge in [-0.1, -0.05) is 91.6 Å². The Morgan fingerprint density at radius 3 is 2.10 bits per heavy atom. The van der Waals surface area contributed by atoms with E-state index in [9.17, 15) is 43.2 Å². The van der Waals surface area contributed by atoms with Crippen LogP contribution in [0.25, 0.3) is 0 Å². The molecule has 2 saturated heterocycles. The third-order valence-corrected chi connectivity index (χ3v) is 16.7.